The lowest BCUT2D eigenvalue weighted by Gasteiger charge is -2.20. The minimum absolute atomic E-state index is 0.214. The molecule has 1 aromatic heterocycles. The van der Waals surface area contributed by atoms with Crippen LogP contribution in [-0.2, 0) is 6.54 Å². The van der Waals surface area contributed by atoms with E-state index in [1.807, 2.05) is 0 Å². The molecule has 1 atom stereocenters. The molecule has 84 valence electrons. The van der Waals surface area contributed by atoms with Crippen LogP contribution in [0.2, 0.25) is 0 Å². The summed E-state index contributed by atoms with van der Waals surface area (Å²) in [6.45, 7) is 5.15. The summed E-state index contributed by atoms with van der Waals surface area (Å²) in [6, 6.07) is 2.12. The van der Waals surface area contributed by atoms with Crippen molar-refractivity contribution in [2.45, 2.75) is 32.9 Å². The molecular formula is C11H19N3O. The molecule has 0 saturated heterocycles. The van der Waals surface area contributed by atoms with Gasteiger partial charge in [0, 0.05) is 25.0 Å². The molecule has 0 fully saturated rings. The summed E-state index contributed by atoms with van der Waals surface area (Å²) in [7, 11) is 0. The summed E-state index contributed by atoms with van der Waals surface area (Å²) in [5.74, 6) is 1.29. The average Bonchev–Trinajstić information content (AvgIpc) is 2.25. The Morgan fingerprint density at radius 1 is 1.33 bits per heavy atom. The van der Waals surface area contributed by atoms with E-state index in [-0.39, 0.29) is 6.61 Å². The summed E-state index contributed by atoms with van der Waals surface area (Å²) in [5.41, 5.74) is 0. The maximum Gasteiger partial charge on any atom is 0.141 e. The molecule has 1 heterocycles. The molecule has 15 heavy (non-hydrogen) atoms. The van der Waals surface area contributed by atoms with Gasteiger partial charge in [0.05, 0.1) is 6.54 Å². The zero-order valence-corrected chi connectivity index (χ0v) is 9.35. The van der Waals surface area contributed by atoms with Crippen molar-refractivity contribution < 1.29 is 5.11 Å². The number of nitrogens with one attached hydrogen (secondary N) is 1. The molecule has 0 aliphatic carbocycles. The fourth-order valence-electron chi connectivity index (χ4n) is 1.45. The van der Waals surface area contributed by atoms with Crippen molar-refractivity contribution >= 4 is 0 Å². The first-order valence-corrected chi connectivity index (χ1v) is 5.34. The van der Waals surface area contributed by atoms with Gasteiger partial charge in [-0.05, 0) is 18.4 Å². The molecule has 1 aromatic rings. The quantitative estimate of drug-likeness (QED) is 0.733. The van der Waals surface area contributed by atoms with Gasteiger partial charge in [-0.15, -0.1) is 0 Å². The summed E-state index contributed by atoms with van der Waals surface area (Å²) < 4.78 is 0. The number of hydrogen-bond donors (Lipinski definition) is 2. The molecular weight excluding hydrogens is 190 g/mol. The van der Waals surface area contributed by atoms with E-state index < -0.39 is 0 Å². The van der Waals surface area contributed by atoms with Crippen LogP contribution in [0.25, 0.3) is 0 Å². The fourth-order valence-corrected chi connectivity index (χ4v) is 1.45. The zero-order valence-electron chi connectivity index (χ0n) is 9.35. The second-order valence-corrected chi connectivity index (χ2v) is 3.91. The Bertz CT molecular complexity index is 264. The van der Waals surface area contributed by atoms with Crippen LogP contribution >= 0.6 is 0 Å². The van der Waals surface area contributed by atoms with Crippen LogP contribution in [0.1, 0.15) is 26.1 Å². The predicted molar refractivity (Wildman–Crippen MR) is 59.2 cm³/mol. The highest BCUT2D eigenvalue weighted by atomic mass is 16.3. The molecule has 4 nitrogen and oxygen atoms in total. The molecule has 1 unspecified atom stereocenters. The standard InChI is InChI=1S/C11H19N3O/c1-9(2)10(4-7-15)14-8-11-12-5-3-6-13-11/h3,5-6,9-10,14-15H,4,7-8H2,1-2H3. The van der Waals surface area contributed by atoms with Gasteiger partial charge >= 0.3 is 0 Å². The largest absolute Gasteiger partial charge is 0.396 e. The lowest BCUT2D eigenvalue weighted by atomic mass is 10.0. The Balaban J connectivity index is 2.40. The van der Waals surface area contributed by atoms with Crippen molar-refractivity contribution in [3.8, 4) is 0 Å². The van der Waals surface area contributed by atoms with E-state index in [2.05, 4.69) is 29.1 Å². The van der Waals surface area contributed by atoms with Gasteiger partial charge in [0.1, 0.15) is 5.82 Å². The maximum atomic E-state index is 8.91. The molecule has 0 spiro atoms. The zero-order chi connectivity index (χ0) is 11.1. The monoisotopic (exact) mass is 209 g/mol. The second-order valence-electron chi connectivity index (χ2n) is 3.91. The molecule has 1 rings (SSSR count). The second kappa shape index (κ2) is 6.48. The molecule has 0 aliphatic rings. The average molecular weight is 209 g/mol. The Morgan fingerprint density at radius 3 is 2.53 bits per heavy atom. The number of nitrogens with zero attached hydrogens (tertiary/aromatic N) is 2. The minimum atomic E-state index is 0.214. The van der Waals surface area contributed by atoms with E-state index in [4.69, 9.17) is 5.11 Å². The molecule has 2 N–H and O–H groups in total. The topological polar surface area (TPSA) is 58.0 Å². The van der Waals surface area contributed by atoms with Crippen molar-refractivity contribution in [2.24, 2.45) is 5.92 Å². The van der Waals surface area contributed by atoms with Gasteiger partial charge in [-0.1, -0.05) is 13.8 Å². The Kier molecular flexibility index (Phi) is 5.21. The highest BCUT2D eigenvalue weighted by Crippen LogP contribution is 2.05. The first kappa shape index (κ1) is 12.1. The lowest BCUT2D eigenvalue weighted by Crippen LogP contribution is -2.34. The van der Waals surface area contributed by atoms with Gasteiger partial charge in [0.15, 0.2) is 0 Å². The van der Waals surface area contributed by atoms with Gasteiger partial charge in [-0.3, -0.25) is 0 Å². The lowest BCUT2D eigenvalue weighted by molar-refractivity contribution is 0.243. The number of aromatic nitrogens is 2. The first-order chi connectivity index (χ1) is 7.24. The van der Waals surface area contributed by atoms with Crippen molar-refractivity contribution in [1.82, 2.24) is 15.3 Å². The van der Waals surface area contributed by atoms with Crippen molar-refractivity contribution in [2.75, 3.05) is 6.61 Å². The summed E-state index contributed by atoms with van der Waals surface area (Å²) in [6.07, 6.45) is 4.24. The van der Waals surface area contributed by atoms with Crippen LogP contribution in [0.3, 0.4) is 0 Å². The molecule has 4 heteroatoms. The van der Waals surface area contributed by atoms with Crippen LogP contribution in [0, 0.1) is 5.92 Å². The van der Waals surface area contributed by atoms with Crippen molar-refractivity contribution in [3.63, 3.8) is 0 Å². The Labute approximate surface area is 90.8 Å². The van der Waals surface area contributed by atoms with Gasteiger partial charge in [0.25, 0.3) is 0 Å². The fraction of sp³-hybridized carbons (Fsp3) is 0.636. The first-order valence-electron chi connectivity index (χ1n) is 5.34. The molecule has 0 saturated carbocycles. The van der Waals surface area contributed by atoms with E-state index in [1.54, 1.807) is 18.5 Å². The molecule has 0 bridgehead atoms. The van der Waals surface area contributed by atoms with Gasteiger partial charge in [-0.2, -0.15) is 0 Å². The maximum absolute atomic E-state index is 8.91. The highest BCUT2D eigenvalue weighted by Gasteiger charge is 2.11. The van der Waals surface area contributed by atoms with Crippen LogP contribution < -0.4 is 5.32 Å². The summed E-state index contributed by atoms with van der Waals surface area (Å²) >= 11 is 0. The van der Waals surface area contributed by atoms with E-state index in [1.165, 1.54) is 0 Å². The van der Waals surface area contributed by atoms with E-state index in [0.29, 0.717) is 18.5 Å². The SMILES string of the molecule is CC(C)C(CCO)NCc1ncccn1. The smallest absolute Gasteiger partial charge is 0.141 e. The van der Waals surface area contributed by atoms with Crippen LogP contribution in [0.5, 0.6) is 0 Å². The Morgan fingerprint density at radius 2 is 2.00 bits per heavy atom. The number of hydrogen-bond acceptors (Lipinski definition) is 4. The number of aliphatic hydroxyl groups is 1. The normalized spacial score (nSPS) is 13.1. The van der Waals surface area contributed by atoms with Gasteiger partial charge in [0.2, 0.25) is 0 Å². The summed E-state index contributed by atoms with van der Waals surface area (Å²) in [5, 5.41) is 12.3. The predicted octanol–water partition coefficient (Wildman–Crippen LogP) is 0.973. The molecule has 0 aliphatic heterocycles. The summed E-state index contributed by atoms with van der Waals surface area (Å²) in [4.78, 5) is 8.27. The van der Waals surface area contributed by atoms with Gasteiger partial charge in [-0.25, -0.2) is 9.97 Å². The van der Waals surface area contributed by atoms with Crippen molar-refractivity contribution in [1.29, 1.82) is 0 Å². The third-order valence-electron chi connectivity index (χ3n) is 2.39. The third kappa shape index (κ3) is 4.36. The molecule has 0 amide bonds. The van der Waals surface area contributed by atoms with E-state index >= 15 is 0 Å². The number of aliphatic hydroxyl groups excluding tert-OH is 1. The third-order valence-corrected chi connectivity index (χ3v) is 2.39. The van der Waals surface area contributed by atoms with Gasteiger partial charge < -0.3 is 10.4 Å². The highest BCUT2D eigenvalue weighted by molar-refractivity contribution is 4.88. The van der Waals surface area contributed by atoms with E-state index in [0.717, 1.165) is 12.2 Å². The van der Waals surface area contributed by atoms with Crippen LogP contribution in [0.15, 0.2) is 18.5 Å². The minimum Gasteiger partial charge on any atom is -0.396 e. The number of rotatable bonds is 6. The van der Waals surface area contributed by atoms with Crippen LogP contribution in [-0.4, -0.2) is 27.7 Å². The molecule has 0 aromatic carbocycles. The van der Waals surface area contributed by atoms with Crippen molar-refractivity contribution in [3.05, 3.63) is 24.3 Å². The molecule has 0 radical (unpaired) electrons. The Hall–Kier alpha value is -1.00. The van der Waals surface area contributed by atoms with Crippen LogP contribution in [0.4, 0.5) is 0 Å². The van der Waals surface area contributed by atoms with E-state index in [9.17, 15) is 0 Å².